The summed E-state index contributed by atoms with van der Waals surface area (Å²) in [5.74, 6) is 1.08. The fraction of sp³-hybridized carbons (Fsp3) is 0.105. The molecule has 0 spiro atoms. The first-order chi connectivity index (χ1) is 21.2. The molecule has 1 aromatic heterocycles. The second kappa shape index (κ2) is 8.86. The first kappa shape index (κ1) is 23.9. The molecule has 0 fully saturated rings. The molecule has 2 aliphatic heterocycles. The van der Waals surface area contributed by atoms with Crippen molar-refractivity contribution in [3.8, 4) is 29.0 Å². The molecule has 0 saturated heterocycles. The minimum atomic E-state index is -0.118. The Balaban J connectivity index is 1.21. The topological polar surface area (TPSA) is 73.2 Å². The molecule has 2 aliphatic carbocycles. The predicted molar refractivity (Wildman–Crippen MR) is 167 cm³/mol. The number of anilines is 2. The summed E-state index contributed by atoms with van der Waals surface area (Å²) in [6.45, 7) is 0. The number of nitriles is 2. The summed E-state index contributed by atoms with van der Waals surface area (Å²) < 4.78 is 12.7. The Labute approximate surface area is 248 Å². The van der Waals surface area contributed by atoms with E-state index in [1.807, 2.05) is 36.4 Å². The fourth-order valence-electron chi connectivity index (χ4n) is 7.23. The molecule has 43 heavy (non-hydrogen) atoms. The van der Waals surface area contributed by atoms with Gasteiger partial charge in [0.2, 0.25) is 0 Å². The lowest BCUT2D eigenvalue weighted by molar-refractivity contribution is 0.269. The molecule has 5 heteroatoms. The van der Waals surface area contributed by atoms with Crippen molar-refractivity contribution >= 4 is 33.3 Å². The summed E-state index contributed by atoms with van der Waals surface area (Å²) in [6, 6.07) is 29.7. The molecule has 4 unspecified atom stereocenters. The van der Waals surface area contributed by atoms with Gasteiger partial charge in [0.05, 0.1) is 23.7 Å². The van der Waals surface area contributed by atoms with Crippen LogP contribution in [0.3, 0.4) is 0 Å². The van der Waals surface area contributed by atoms with E-state index in [4.69, 9.17) is 9.15 Å². The molecular formula is C38H23N3O2. The van der Waals surface area contributed by atoms with Crippen LogP contribution in [0.5, 0.6) is 5.75 Å². The van der Waals surface area contributed by atoms with Crippen LogP contribution in [0.25, 0.3) is 33.1 Å². The Kier molecular flexibility index (Phi) is 4.92. The minimum Gasteiger partial charge on any atom is -0.485 e. The normalized spacial score (nSPS) is 22.4. The molecule has 0 saturated carbocycles. The zero-order valence-corrected chi connectivity index (χ0v) is 22.9. The second-order valence-corrected chi connectivity index (χ2v) is 11.5. The van der Waals surface area contributed by atoms with Crippen molar-refractivity contribution in [1.29, 1.82) is 10.5 Å². The number of nitrogens with zero attached hydrogens (tertiary/aromatic N) is 3. The first-order valence-electron chi connectivity index (χ1n) is 14.4. The lowest BCUT2D eigenvalue weighted by atomic mass is 9.89. The molecule has 0 bridgehead atoms. The molecule has 4 aromatic carbocycles. The van der Waals surface area contributed by atoms with E-state index in [0.29, 0.717) is 11.1 Å². The zero-order valence-electron chi connectivity index (χ0n) is 22.9. The third-order valence-electron chi connectivity index (χ3n) is 9.19. The Morgan fingerprint density at radius 1 is 0.721 bits per heavy atom. The number of furan rings is 1. The smallest absolute Gasteiger partial charge is 0.135 e. The third-order valence-corrected chi connectivity index (χ3v) is 9.19. The molecule has 3 heterocycles. The lowest BCUT2D eigenvalue weighted by Gasteiger charge is -2.30. The number of benzene rings is 4. The van der Waals surface area contributed by atoms with Gasteiger partial charge in [0.25, 0.3) is 0 Å². The van der Waals surface area contributed by atoms with Gasteiger partial charge >= 0.3 is 0 Å². The fourth-order valence-corrected chi connectivity index (χ4v) is 7.23. The number of hydrogen-bond donors (Lipinski definition) is 0. The quantitative estimate of drug-likeness (QED) is 0.219. The van der Waals surface area contributed by atoms with Crippen LogP contribution >= 0.6 is 0 Å². The molecular weight excluding hydrogens is 530 g/mol. The van der Waals surface area contributed by atoms with Crippen molar-refractivity contribution in [3.63, 3.8) is 0 Å². The van der Waals surface area contributed by atoms with E-state index in [-0.39, 0.29) is 24.0 Å². The van der Waals surface area contributed by atoms with Crippen LogP contribution in [0.2, 0.25) is 0 Å². The van der Waals surface area contributed by atoms with E-state index in [0.717, 1.165) is 50.1 Å². The molecule has 4 aliphatic rings. The van der Waals surface area contributed by atoms with Crippen molar-refractivity contribution in [2.45, 2.75) is 24.0 Å². The highest BCUT2D eigenvalue weighted by Gasteiger charge is 2.38. The molecule has 0 N–H and O–H groups in total. The molecule has 202 valence electrons. The number of hydrogen-bond acceptors (Lipinski definition) is 5. The Bertz CT molecular complexity index is 2240. The molecule has 9 rings (SSSR count). The Morgan fingerprint density at radius 3 is 2.51 bits per heavy atom. The molecule has 0 radical (unpaired) electrons. The molecule has 5 nitrogen and oxygen atoms in total. The average Bonchev–Trinajstić information content (AvgIpc) is 3.71. The van der Waals surface area contributed by atoms with Crippen LogP contribution in [-0.4, -0.2) is 12.1 Å². The summed E-state index contributed by atoms with van der Waals surface area (Å²) in [5, 5.41) is 21.2. The summed E-state index contributed by atoms with van der Waals surface area (Å²) in [5.41, 5.74) is 9.45. The van der Waals surface area contributed by atoms with Crippen LogP contribution in [0.15, 0.2) is 125 Å². The number of fused-ring (bicyclic) bond motifs is 9. The van der Waals surface area contributed by atoms with Gasteiger partial charge in [0.1, 0.15) is 23.0 Å². The van der Waals surface area contributed by atoms with Crippen molar-refractivity contribution in [2.75, 3.05) is 4.90 Å². The van der Waals surface area contributed by atoms with Crippen LogP contribution in [0.1, 0.15) is 28.5 Å². The van der Waals surface area contributed by atoms with Gasteiger partial charge in [-0.05, 0) is 71.8 Å². The van der Waals surface area contributed by atoms with Crippen LogP contribution in [0, 0.1) is 22.7 Å². The van der Waals surface area contributed by atoms with E-state index in [2.05, 4.69) is 95.9 Å². The minimum absolute atomic E-state index is 0.00468. The van der Waals surface area contributed by atoms with E-state index in [1.165, 1.54) is 11.3 Å². The Hall–Kier alpha value is -5.78. The number of rotatable bonds is 2. The highest BCUT2D eigenvalue weighted by Crippen LogP contribution is 2.51. The maximum absolute atomic E-state index is 9.86. The average molecular weight is 554 g/mol. The SMILES string of the molecule is N#CC1=CC2c3cc4oc5ccc(-c6cc(C#N)ccc6N6c7ccccc7C7C=CC=CC76)cc5c4cc3OC2C=C1. The highest BCUT2D eigenvalue weighted by molar-refractivity contribution is 6.08. The standard InChI is InChI=1S/C38H23N3O2/c39-20-22-9-12-34(41-32-7-3-1-5-25(32)26-6-2-4-8-33(26)41)27(15-22)24-11-14-36-29(17-24)31-19-37-30(18-38(31)43-36)28-16-23(21-40)10-13-35(28)42-37/h1-19,25,28,32,35H. The maximum atomic E-state index is 9.86. The lowest BCUT2D eigenvalue weighted by Crippen LogP contribution is -2.29. The highest BCUT2D eigenvalue weighted by atomic mass is 16.5. The van der Waals surface area contributed by atoms with Gasteiger partial charge in [0, 0.05) is 50.7 Å². The number of allylic oxidation sites excluding steroid dienone is 4. The van der Waals surface area contributed by atoms with Crippen molar-refractivity contribution in [1.82, 2.24) is 0 Å². The van der Waals surface area contributed by atoms with E-state index < -0.39 is 0 Å². The zero-order chi connectivity index (χ0) is 28.7. The van der Waals surface area contributed by atoms with Crippen molar-refractivity contribution in [2.24, 2.45) is 0 Å². The van der Waals surface area contributed by atoms with Gasteiger partial charge in [-0.2, -0.15) is 10.5 Å². The molecule has 5 aromatic rings. The van der Waals surface area contributed by atoms with Gasteiger partial charge in [-0.15, -0.1) is 0 Å². The molecule has 0 amide bonds. The predicted octanol–water partition coefficient (Wildman–Crippen LogP) is 8.72. The van der Waals surface area contributed by atoms with Gasteiger partial charge in [-0.3, -0.25) is 0 Å². The van der Waals surface area contributed by atoms with Crippen LogP contribution < -0.4 is 9.64 Å². The maximum Gasteiger partial charge on any atom is 0.135 e. The first-order valence-corrected chi connectivity index (χ1v) is 14.4. The van der Waals surface area contributed by atoms with Gasteiger partial charge in [0.15, 0.2) is 0 Å². The van der Waals surface area contributed by atoms with Gasteiger partial charge in [-0.25, -0.2) is 0 Å². The van der Waals surface area contributed by atoms with Gasteiger partial charge in [-0.1, -0.05) is 54.6 Å². The van der Waals surface area contributed by atoms with E-state index in [1.54, 1.807) is 0 Å². The van der Waals surface area contributed by atoms with E-state index in [9.17, 15) is 10.5 Å². The number of ether oxygens (including phenoxy) is 1. The largest absolute Gasteiger partial charge is 0.485 e. The number of para-hydroxylation sites is 1. The summed E-state index contributed by atoms with van der Waals surface area (Å²) in [4.78, 5) is 2.41. The summed E-state index contributed by atoms with van der Waals surface area (Å²) in [7, 11) is 0. The molecule has 4 atom stereocenters. The summed E-state index contributed by atoms with van der Waals surface area (Å²) >= 11 is 0. The Morgan fingerprint density at radius 2 is 1.60 bits per heavy atom. The van der Waals surface area contributed by atoms with Gasteiger partial charge < -0.3 is 14.1 Å². The monoisotopic (exact) mass is 553 g/mol. The second-order valence-electron chi connectivity index (χ2n) is 11.5. The van der Waals surface area contributed by atoms with Crippen molar-refractivity contribution in [3.05, 3.63) is 138 Å². The summed E-state index contributed by atoms with van der Waals surface area (Å²) in [6.07, 6.45) is 14.4. The van der Waals surface area contributed by atoms with Crippen molar-refractivity contribution < 1.29 is 9.15 Å². The third kappa shape index (κ3) is 3.43. The van der Waals surface area contributed by atoms with E-state index >= 15 is 0 Å². The van der Waals surface area contributed by atoms with Crippen LogP contribution in [0.4, 0.5) is 11.4 Å². The van der Waals surface area contributed by atoms with Crippen LogP contribution in [-0.2, 0) is 0 Å².